The van der Waals surface area contributed by atoms with Crippen molar-refractivity contribution in [2.75, 3.05) is 11.4 Å². The van der Waals surface area contributed by atoms with Crippen molar-refractivity contribution in [1.29, 1.82) is 0 Å². The van der Waals surface area contributed by atoms with Crippen LogP contribution >= 0.6 is 11.3 Å². The van der Waals surface area contributed by atoms with Crippen LogP contribution in [0.5, 0.6) is 0 Å². The number of benzene rings is 1. The minimum Gasteiger partial charge on any atom is -0.345 e. The van der Waals surface area contributed by atoms with E-state index in [2.05, 4.69) is 10.3 Å². The van der Waals surface area contributed by atoms with Crippen molar-refractivity contribution in [3.8, 4) is 0 Å². The van der Waals surface area contributed by atoms with Gasteiger partial charge in [0.2, 0.25) is 11.8 Å². The Labute approximate surface area is 139 Å². The molecule has 0 saturated carbocycles. The van der Waals surface area contributed by atoms with Crippen LogP contribution in [0.25, 0.3) is 0 Å². The fourth-order valence-electron chi connectivity index (χ4n) is 2.78. The Kier molecular flexibility index (Phi) is 4.71. The summed E-state index contributed by atoms with van der Waals surface area (Å²) < 4.78 is 0. The third-order valence-electron chi connectivity index (χ3n) is 3.98. The first-order valence-electron chi connectivity index (χ1n) is 7.71. The molecule has 120 valence electrons. The Balaban J connectivity index is 1.55. The third-order valence-corrected chi connectivity index (χ3v) is 4.82. The number of nitrogens with zero attached hydrogens (tertiary/aromatic N) is 2. The Bertz CT molecular complexity index is 700. The fourth-order valence-corrected chi connectivity index (χ4v) is 3.38. The second-order valence-electron chi connectivity index (χ2n) is 5.63. The largest absolute Gasteiger partial charge is 0.345 e. The van der Waals surface area contributed by atoms with Gasteiger partial charge in [0.15, 0.2) is 0 Å². The molecule has 0 spiro atoms. The van der Waals surface area contributed by atoms with Gasteiger partial charge in [0.05, 0.1) is 5.51 Å². The lowest BCUT2D eigenvalue weighted by molar-refractivity contribution is -0.127. The molecule has 0 saturated heterocycles. The maximum Gasteiger partial charge on any atom is 0.249 e. The molecule has 1 aliphatic heterocycles. The fraction of sp³-hybridized carbons (Fsp3) is 0.353. The van der Waals surface area contributed by atoms with E-state index in [0.29, 0.717) is 19.4 Å². The average Bonchev–Trinajstić information content (AvgIpc) is 3.21. The van der Waals surface area contributed by atoms with Crippen LogP contribution in [0.3, 0.4) is 0 Å². The van der Waals surface area contributed by atoms with Crippen LogP contribution in [0.15, 0.2) is 36.0 Å². The number of aryl methyl sites for hydroxylation is 1. The minimum atomic E-state index is -0.518. The van der Waals surface area contributed by atoms with E-state index in [1.165, 1.54) is 16.9 Å². The van der Waals surface area contributed by atoms with E-state index in [4.69, 9.17) is 0 Å². The van der Waals surface area contributed by atoms with Gasteiger partial charge in [-0.2, -0.15) is 0 Å². The summed E-state index contributed by atoms with van der Waals surface area (Å²) in [5, 5.41) is 2.80. The summed E-state index contributed by atoms with van der Waals surface area (Å²) in [5.41, 5.74) is 3.90. The van der Waals surface area contributed by atoms with Crippen LogP contribution < -0.4 is 10.2 Å². The molecule has 23 heavy (non-hydrogen) atoms. The Morgan fingerprint density at radius 2 is 2.22 bits per heavy atom. The van der Waals surface area contributed by atoms with Gasteiger partial charge in [-0.25, -0.2) is 0 Å². The Morgan fingerprint density at radius 1 is 1.39 bits per heavy atom. The number of para-hydroxylation sites is 1. The Hall–Kier alpha value is -2.21. The van der Waals surface area contributed by atoms with Gasteiger partial charge in [0.1, 0.15) is 6.04 Å². The van der Waals surface area contributed by atoms with Crippen LogP contribution in [-0.2, 0) is 22.4 Å². The number of rotatable bonds is 5. The van der Waals surface area contributed by atoms with Gasteiger partial charge in [-0.05, 0) is 31.4 Å². The zero-order valence-corrected chi connectivity index (χ0v) is 13.8. The molecular weight excluding hydrogens is 310 g/mol. The minimum absolute atomic E-state index is 0.0545. The number of hydrogen-bond donors (Lipinski definition) is 1. The number of anilines is 1. The van der Waals surface area contributed by atoms with E-state index >= 15 is 0 Å². The summed E-state index contributed by atoms with van der Waals surface area (Å²) >= 11 is 1.54. The second kappa shape index (κ2) is 6.91. The summed E-state index contributed by atoms with van der Waals surface area (Å²) in [5.74, 6) is -0.159. The maximum absolute atomic E-state index is 12.6. The quantitative estimate of drug-likeness (QED) is 0.914. The molecule has 1 N–H and O–H groups in total. The highest BCUT2D eigenvalue weighted by Gasteiger charge is 2.28. The van der Waals surface area contributed by atoms with Gasteiger partial charge in [-0.1, -0.05) is 18.2 Å². The van der Waals surface area contributed by atoms with Crippen LogP contribution in [0, 0.1) is 0 Å². The monoisotopic (exact) mass is 329 g/mol. The molecule has 0 aliphatic carbocycles. The molecule has 1 aromatic heterocycles. The summed E-state index contributed by atoms with van der Waals surface area (Å²) in [6, 6.07) is 7.40. The highest BCUT2D eigenvalue weighted by Crippen LogP contribution is 2.27. The average molecular weight is 329 g/mol. The smallest absolute Gasteiger partial charge is 0.249 e. The van der Waals surface area contributed by atoms with E-state index in [9.17, 15) is 9.59 Å². The topological polar surface area (TPSA) is 62.3 Å². The highest BCUT2D eigenvalue weighted by molar-refractivity contribution is 7.09. The van der Waals surface area contributed by atoms with Crippen molar-refractivity contribution >= 4 is 28.8 Å². The van der Waals surface area contributed by atoms with Crippen LogP contribution in [-0.4, -0.2) is 29.4 Å². The number of carbonyl (C=O) groups excluding carboxylic acids is 2. The summed E-state index contributed by atoms with van der Waals surface area (Å²) in [4.78, 5) is 31.4. The van der Waals surface area contributed by atoms with Crippen molar-refractivity contribution in [2.45, 2.75) is 32.2 Å². The predicted molar refractivity (Wildman–Crippen MR) is 90.5 cm³/mol. The number of nitrogens with one attached hydrogen (secondary N) is 1. The van der Waals surface area contributed by atoms with E-state index in [-0.39, 0.29) is 11.8 Å². The van der Waals surface area contributed by atoms with Crippen LogP contribution in [0.2, 0.25) is 0 Å². The molecule has 5 nitrogen and oxygen atoms in total. The molecule has 1 aliphatic rings. The Morgan fingerprint density at radius 3 is 3.00 bits per heavy atom. The summed E-state index contributed by atoms with van der Waals surface area (Å²) in [6.45, 7) is 2.42. The van der Waals surface area contributed by atoms with Gasteiger partial charge in [0.25, 0.3) is 0 Å². The molecule has 2 aromatic rings. The molecule has 3 rings (SSSR count). The summed E-state index contributed by atoms with van der Waals surface area (Å²) in [7, 11) is 0. The maximum atomic E-state index is 12.6. The van der Waals surface area contributed by atoms with Gasteiger partial charge in [0, 0.05) is 29.7 Å². The highest BCUT2D eigenvalue weighted by atomic mass is 32.1. The van der Waals surface area contributed by atoms with Gasteiger partial charge < -0.3 is 10.2 Å². The van der Waals surface area contributed by atoms with Crippen LogP contribution in [0.4, 0.5) is 5.69 Å². The second-order valence-corrected chi connectivity index (χ2v) is 6.60. The first-order valence-corrected chi connectivity index (χ1v) is 8.59. The number of hydrogen-bond acceptors (Lipinski definition) is 4. The van der Waals surface area contributed by atoms with Crippen molar-refractivity contribution in [3.05, 3.63) is 46.4 Å². The normalized spacial score (nSPS) is 14.4. The van der Waals surface area contributed by atoms with Crippen molar-refractivity contribution in [1.82, 2.24) is 10.3 Å². The van der Waals surface area contributed by atoms with E-state index in [1.807, 2.05) is 24.3 Å². The van der Waals surface area contributed by atoms with Crippen molar-refractivity contribution < 1.29 is 9.59 Å². The van der Waals surface area contributed by atoms with E-state index in [0.717, 1.165) is 17.0 Å². The lowest BCUT2D eigenvalue weighted by Gasteiger charge is -2.22. The third kappa shape index (κ3) is 3.59. The molecule has 0 fully saturated rings. The molecule has 1 atom stereocenters. The van der Waals surface area contributed by atoms with E-state index in [1.54, 1.807) is 23.5 Å². The molecule has 0 radical (unpaired) electrons. The van der Waals surface area contributed by atoms with Gasteiger partial charge >= 0.3 is 0 Å². The number of aromatic nitrogens is 1. The number of carbonyl (C=O) groups is 2. The molecule has 1 unspecified atom stereocenters. The van der Waals surface area contributed by atoms with Crippen LogP contribution in [0.1, 0.15) is 23.8 Å². The SMILES string of the molecule is CC(NC(=O)CCc1cncs1)C(=O)N1CCc2ccccc21. The number of amides is 2. The zero-order valence-electron chi connectivity index (χ0n) is 13.0. The zero-order chi connectivity index (χ0) is 16.2. The molecule has 6 heteroatoms. The summed E-state index contributed by atoms with van der Waals surface area (Å²) in [6.07, 6.45) is 3.67. The van der Waals surface area contributed by atoms with E-state index < -0.39 is 6.04 Å². The lowest BCUT2D eigenvalue weighted by atomic mass is 10.2. The van der Waals surface area contributed by atoms with Gasteiger partial charge in [-0.3, -0.25) is 14.6 Å². The molecule has 0 bridgehead atoms. The predicted octanol–water partition coefficient (Wildman–Crippen LogP) is 2.17. The molecular formula is C17H19N3O2S. The first kappa shape index (κ1) is 15.7. The molecule has 2 heterocycles. The number of fused-ring (bicyclic) bond motifs is 1. The molecule has 1 aromatic carbocycles. The standard InChI is InChI=1S/C17H19N3O2S/c1-12(19-16(21)7-6-14-10-18-11-23-14)17(22)20-9-8-13-4-2-3-5-15(13)20/h2-5,10-12H,6-9H2,1H3,(H,19,21). The van der Waals surface area contributed by atoms with Crippen molar-refractivity contribution in [3.63, 3.8) is 0 Å². The van der Waals surface area contributed by atoms with Gasteiger partial charge in [-0.15, -0.1) is 11.3 Å². The molecule has 2 amide bonds. The number of thiazole rings is 1. The first-order chi connectivity index (χ1) is 11.1. The lowest BCUT2D eigenvalue weighted by Crippen LogP contribution is -2.46. The van der Waals surface area contributed by atoms with Crippen molar-refractivity contribution in [2.24, 2.45) is 0 Å².